The van der Waals surface area contributed by atoms with Crippen LogP contribution >= 0.6 is 0 Å². The predicted molar refractivity (Wildman–Crippen MR) is 161 cm³/mol. The zero-order chi connectivity index (χ0) is 28.7. The molecule has 0 fully saturated rings. The normalized spacial score (nSPS) is 11.9. The molecule has 5 aromatic carbocycles. The Bertz CT molecular complexity index is 1660. The van der Waals surface area contributed by atoms with Crippen molar-refractivity contribution in [2.75, 3.05) is 0 Å². The first-order valence-electron chi connectivity index (χ1n) is 13.4. The molecule has 4 nitrogen and oxygen atoms in total. The van der Waals surface area contributed by atoms with Gasteiger partial charge in [0.05, 0.1) is 0 Å². The topological polar surface area (TPSA) is 80.9 Å². The Balaban J connectivity index is 1.95. The summed E-state index contributed by atoms with van der Waals surface area (Å²) in [5, 5.41) is 42.3. The summed E-state index contributed by atoms with van der Waals surface area (Å²) in [7, 11) is 0. The molecule has 0 atom stereocenters. The number of phenolic OH excluding ortho intramolecular Hbond substituents is 4. The smallest absolute Gasteiger partial charge is 0.123 e. The van der Waals surface area contributed by atoms with Crippen LogP contribution in [0.4, 0.5) is 0 Å². The van der Waals surface area contributed by atoms with E-state index in [0.29, 0.717) is 11.1 Å². The summed E-state index contributed by atoms with van der Waals surface area (Å²) < 4.78 is 0. The van der Waals surface area contributed by atoms with Crippen molar-refractivity contribution in [3.05, 3.63) is 131 Å². The third kappa shape index (κ3) is 4.66. The lowest BCUT2D eigenvalue weighted by Crippen LogP contribution is -2.26. The van der Waals surface area contributed by atoms with Gasteiger partial charge in [-0.25, -0.2) is 0 Å². The average Bonchev–Trinajstić information content (AvgIpc) is 2.93. The van der Waals surface area contributed by atoms with E-state index in [1.165, 1.54) is 0 Å². The fraction of sp³-hybridized carbons (Fsp3) is 0.167. The number of phenols is 4. The summed E-state index contributed by atoms with van der Waals surface area (Å²) in [5.74, 6) is 0.703. The Morgan fingerprint density at radius 3 is 1.38 bits per heavy atom. The fourth-order valence-corrected chi connectivity index (χ4v) is 5.72. The van der Waals surface area contributed by atoms with Gasteiger partial charge in [-0.2, -0.15) is 0 Å². The van der Waals surface area contributed by atoms with Gasteiger partial charge in [-0.3, -0.25) is 0 Å². The third-order valence-electron chi connectivity index (χ3n) is 8.05. The summed E-state index contributed by atoms with van der Waals surface area (Å²) in [5.41, 5.74) is 5.84. The van der Waals surface area contributed by atoms with Crippen LogP contribution < -0.4 is 0 Å². The summed E-state index contributed by atoms with van der Waals surface area (Å²) in [6.45, 7) is 8.52. The highest BCUT2D eigenvalue weighted by molar-refractivity contribution is 5.88. The van der Waals surface area contributed by atoms with Crippen molar-refractivity contribution >= 4 is 0 Å². The van der Waals surface area contributed by atoms with Crippen LogP contribution in [0.1, 0.15) is 49.9 Å². The lowest BCUT2D eigenvalue weighted by molar-refractivity contribution is 0.474. The molecule has 4 N–H and O–H groups in total. The molecule has 5 aromatic rings. The van der Waals surface area contributed by atoms with Crippen molar-refractivity contribution in [1.82, 2.24) is 0 Å². The van der Waals surface area contributed by atoms with E-state index in [1.807, 2.05) is 54.6 Å². The van der Waals surface area contributed by atoms with Crippen LogP contribution in [0.2, 0.25) is 0 Å². The second-order valence-corrected chi connectivity index (χ2v) is 11.3. The SMILES string of the molecule is CC(C)(c1ccc(O)cc1)c1ccc(-c2ccccc2O)c(C(C)(C)c2ccc(O)cc2)c1-c1ccccc1O. The van der Waals surface area contributed by atoms with Crippen molar-refractivity contribution in [2.24, 2.45) is 0 Å². The maximum atomic E-state index is 11.3. The van der Waals surface area contributed by atoms with Gasteiger partial charge in [0.2, 0.25) is 0 Å². The van der Waals surface area contributed by atoms with E-state index in [1.54, 1.807) is 48.5 Å². The summed E-state index contributed by atoms with van der Waals surface area (Å²) >= 11 is 0. The van der Waals surface area contributed by atoms with Gasteiger partial charge in [0.25, 0.3) is 0 Å². The molecule has 0 unspecified atom stereocenters. The van der Waals surface area contributed by atoms with Crippen LogP contribution in [-0.4, -0.2) is 20.4 Å². The standard InChI is InChI=1S/C36H34O4/c1-35(2,23-13-17-25(37)18-14-23)30-22-21-28(27-9-5-7-11-31(27)39)34(33(30)29-10-6-8-12-32(29)40)36(3,4)24-15-19-26(38)20-16-24/h5-22,37-40H,1-4H3. The van der Waals surface area contributed by atoms with Gasteiger partial charge < -0.3 is 20.4 Å². The Labute approximate surface area is 235 Å². The Kier molecular flexibility index (Phi) is 6.80. The largest absolute Gasteiger partial charge is 0.508 e. The van der Waals surface area contributed by atoms with Gasteiger partial charge in [0.1, 0.15) is 23.0 Å². The second kappa shape index (κ2) is 10.1. The molecule has 40 heavy (non-hydrogen) atoms. The average molecular weight is 531 g/mol. The first-order valence-corrected chi connectivity index (χ1v) is 13.4. The molecule has 0 amide bonds. The van der Waals surface area contributed by atoms with E-state index >= 15 is 0 Å². The minimum absolute atomic E-state index is 0.155. The fourth-order valence-electron chi connectivity index (χ4n) is 5.72. The van der Waals surface area contributed by atoms with E-state index in [-0.39, 0.29) is 23.0 Å². The van der Waals surface area contributed by atoms with Gasteiger partial charge >= 0.3 is 0 Å². The molecule has 0 radical (unpaired) electrons. The number of benzene rings is 5. The van der Waals surface area contributed by atoms with Gasteiger partial charge in [0.15, 0.2) is 0 Å². The van der Waals surface area contributed by atoms with Crippen LogP contribution in [0.5, 0.6) is 23.0 Å². The quantitative estimate of drug-likeness (QED) is 0.177. The minimum atomic E-state index is -0.621. The highest BCUT2D eigenvalue weighted by Crippen LogP contribution is 2.51. The van der Waals surface area contributed by atoms with E-state index in [2.05, 4.69) is 33.8 Å². The van der Waals surface area contributed by atoms with Crippen molar-refractivity contribution < 1.29 is 20.4 Å². The molecular weight excluding hydrogens is 496 g/mol. The first kappa shape index (κ1) is 26.9. The number of hydrogen-bond donors (Lipinski definition) is 4. The summed E-state index contributed by atoms with van der Waals surface area (Å²) in [6.07, 6.45) is 0. The molecule has 0 aliphatic rings. The minimum Gasteiger partial charge on any atom is -0.508 e. The summed E-state index contributed by atoms with van der Waals surface area (Å²) in [4.78, 5) is 0. The Morgan fingerprint density at radius 2 is 0.875 bits per heavy atom. The van der Waals surface area contributed by atoms with Crippen molar-refractivity contribution in [1.29, 1.82) is 0 Å². The molecule has 4 heteroatoms. The highest BCUT2D eigenvalue weighted by atomic mass is 16.3. The molecule has 202 valence electrons. The van der Waals surface area contributed by atoms with Crippen molar-refractivity contribution in [3.63, 3.8) is 0 Å². The maximum Gasteiger partial charge on any atom is 0.123 e. The molecule has 0 spiro atoms. The second-order valence-electron chi connectivity index (χ2n) is 11.3. The van der Waals surface area contributed by atoms with Crippen molar-refractivity contribution in [3.8, 4) is 45.3 Å². The molecule has 0 bridgehead atoms. The third-order valence-corrected chi connectivity index (χ3v) is 8.05. The van der Waals surface area contributed by atoms with Crippen LogP contribution in [0.25, 0.3) is 22.3 Å². The Morgan fingerprint density at radius 1 is 0.425 bits per heavy atom. The van der Waals surface area contributed by atoms with Crippen molar-refractivity contribution in [2.45, 2.75) is 38.5 Å². The molecular formula is C36H34O4. The number of rotatable bonds is 6. The van der Waals surface area contributed by atoms with E-state index < -0.39 is 10.8 Å². The monoisotopic (exact) mass is 530 g/mol. The van der Waals surface area contributed by atoms with Crippen LogP contribution in [0.3, 0.4) is 0 Å². The molecule has 0 saturated heterocycles. The van der Waals surface area contributed by atoms with E-state index in [9.17, 15) is 20.4 Å². The zero-order valence-corrected chi connectivity index (χ0v) is 23.2. The number of aromatic hydroxyl groups is 4. The van der Waals surface area contributed by atoms with E-state index in [0.717, 1.165) is 33.4 Å². The number of para-hydroxylation sites is 2. The van der Waals surface area contributed by atoms with Gasteiger partial charge in [-0.1, -0.05) is 100 Å². The molecule has 5 rings (SSSR count). The molecule has 0 heterocycles. The van der Waals surface area contributed by atoms with Crippen LogP contribution in [0.15, 0.2) is 109 Å². The maximum absolute atomic E-state index is 11.3. The molecule has 0 aliphatic heterocycles. The molecule has 0 aromatic heterocycles. The first-order chi connectivity index (χ1) is 19.0. The lowest BCUT2D eigenvalue weighted by atomic mass is 9.66. The van der Waals surface area contributed by atoms with Crippen LogP contribution in [-0.2, 0) is 10.8 Å². The van der Waals surface area contributed by atoms with Gasteiger partial charge in [-0.05, 0) is 69.8 Å². The lowest BCUT2D eigenvalue weighted by Gasteiger charge is -2.37. The number of hydrogen-bond acceptors (Lipinski definition) is 4. The van der Waals surface area contributed by atoms with Crippen LogP contribution in [0, 0.1) is 0 Å². The Hall–Kier alpha value is -4.70. The zero-order valence-electron chi connectivity index (χ0n) is 23.2. The van der Waals surface area contributed by atoms with Gasteiger partial charge in [0, 0.05) is 22.0 Å². The van der Waals surface area contributed by atoms with Gasteiger partial charge in [-0.15, -0.1) is 0 Å². The highest BCUT2D eigenvalue weighted by Gasteiger charge is 2.36. The molecule has 0 saturated carbocycles. The summed E-state index contributed by atoms with van der Waals surface area (Å²) in [6, 6.07) is 33.2. The molecule has 0 aliphatic carbocycles. The van der Waals surface area contributed by atoms with E-state index in [4.69, 9.17) is 0 Å². The predicted octanol–water partition coefficient (Wildman–Crippen LogP) is 8.49.